The van der Waals surface area contributed by atoms with Gasteiger partial charge in [0, 0.05) is 15.6 Å². The molecule has 4 N–H and O–H groups in total. The third-order valence-corrected chi connectivity index (χ3v) is 3.19. The number of hydrogen-bond acceptors (Lipinski definition) is 3. The SMILES string of the molecule is NC1(c2ccc(Br)cc2O)CC(O)C1. The number of aliphatic hydroxyl groups excluding tert-OH is 1. The van der Waals surface area contributed by atoms with Crippen molar-refractivity contribution in [1.82, 2.24) is 0 Å². The number of phenols is 1. The lowest BCUT2D eigenvalue weighted by molar-refractivity contribution is 0.0199. The first-order chi connectivity index (χ1) is 6.51. The van der Waals surface area contributed by atoms with Gasteiger partial charge in [-0.05, 0) is 25.0 Å². The van der Waals surface area contributed by atoms with Crippen molar-refractivity contribution >= 4 is 15.9 Å². The van der Waals surface area contributed by atoms with E-state index >= 15 is 0 Å². The fourth-order valence-corrected chi connectivity index (χ4v) is 2.28. The Balaban J connectivity index is 2.33. The van der Waals surface area contributed by atoms with Crippen molar-refractivity contribution in [2.24, 2.45) is 5.73 Å². The van der Waals surface area contributed by atoms with Crippen molar-refractivity contribution in [3.8, 4) is 5.75 Å². The molecule has 1 fully saturated rings. The van der Waals surface area contributed by atoms with Gasteiger partial charge in [0.05, 0.1) is 6.10 Å². The van der Waals surface area contributed by atoms with Crippen molar-refractivity contribution < 1.29 is 10.2 Å². The molecule has 0 unspecified atom stereocenters. The van der Waals surface area contributed by atoms with E-state index in [1.54, 1.807) is 12.1 Å². The molecule has 1 aliphatic carbocycles. The second-order valence-electron chi connectivity index (χ2n) is 3.88. The van der Waals surface area contributed by atoms with Crippen molar-refractivity contribution in [2.45, 2.75) is 24.5 Å². The van der Waals surface area contributed by atoms with Gasteiger partial charge >= 0.3 is 0 Å². The van der Waals surface area contributed by atoms with Crippen LogP contribution < -0.4 is 5.73 Å². The van der Waals surface area contributed by atoms with Gasteiger partial charge in [0.25, 0.3) is 0 Å². The van der Waals surface area contributed by atoms with Crippen LogP contribution in [0, 0.1) is 0 Å². The van der Waals surface area contributed by atoms with Crippen LogP contribution in [0.5, 0.6) is 5.75 Å². The summed E-state index contributed by atoms with van der Waals surface area (Å²) in [6, 6.07) is 5.26. The molecule has 1 saturated carbocycles. The minimum Gasteiger partial charge on any atom is -0.508 e. The first-order valence-corrected chi connectivity index (χ1v) is 5.26. The summed E-state index contributed by atoms with van der Waals surface area (Å²) in [7, 11) is 0. The lowest BCUT2D eigenvalue weighted by atomic mass is 9.70. The second kappa shape index (κ2) is 3.22. The number of benzene rings is 1. The highest BCUT2D eigenvalue weighted by atomic mass is 79.9. The highest BCUT2D eigenvalue weighted by Gasteiger charge is 2.42. The summed E-state index contributed by atoms with van der Waals surface area (Å²) in [6.07, 6.45) is 0.702. The number of aromatic hydroxyl groups is 1. The van der Waals surface area contributed by atoms with Crippen LogP contribution in [-0.2, 0) is 5.54 Å². The van der Waals surface area contributed by atoms with E-state index in [2.05, 4.69) is 15.9 Å². The molecule has 0 bridgehead atoms. The Morgan fingerprint density at radius 1 is 1.43 bits per heavy atom. The van der Waals surface area contributed by atoms with E-state index in [-0.39, 0.29) is 11.9 Å². The van der Waals surface area contributed by atoms with Crippen LogP contribution in [0.15, 0.2) is 22.7 Å². The van der Waals surface area contributed by atoms with Gasteiger partial charge in [0.1, 0.15) is 5.75 Å². The summed E-state index contributed by atoms with van der Waals surface area (Å²) >= 11 is 3.26. The molecular formula is C10H12BrNO2. The Hall–Kier alpha value is -0.580. The van der Waals surface area contributed by atoms with Crippen LogP contribution in [-0.4, -0.2) is 16.3 Å². The highest BCUT2D eigenvalue weighted by Crippen LogP contribution is 2.43. The fraction of sp³-hybridized carbons (Fsp3) is 0.400. The van der Waals surface area contributed by atoms with Crippen LogP contribution in [0.3, 0.4) is 0 Å². The first kappa shape index (κ1) is 9.96. The maximum Gasteiger partial charge on any atom is 0.121 e. The average molecular weight is 258 g/mol. The van der Waals surface area contributed by atoms with Crippen LogP contribution in [0.4, 0.5) is 0 Å². The number of phenolic OH excluding ortho intramolecular Hbond substituents is 1. The van der Waals surface area contributed by atoms with Crippen molar-refractivity contribution in [2.75, 3.05) is 0 Å². The summed E-state index contributed by atoms with van der Waals surface area (Å²) < 4.78 is 0.822. The Labute approximate surface area is 90.7 Å². The van der Waals surface area contributed by atoms with Gasteiger partial charge in [0.15, 0.2) is 0 Å². The zero-order chi connectivity index (χ0) is 10.3. The molecule has 1 aromatic carbocycles. The fourth-order valence-electron chi connectivity index (χ4n) is 1.93. The highest BCUT2D eigenvalue weighted by molar-refractivity contribution is 9.10. The smallest absolute Gasteiger partial charge is 0.121 e. The third-order valence-electron chi connectivity index (χ3n) is 2.70. The van der Waals surface area contributed by atoms with Gasteiger partial charge in [0.2, 0.25) is 0 Å². The molecule has 4 heteroatoms. The predicted molar refractivity (Wildman–Crippen MR) is 56.9 cm³/mol. The molecule has 0 radical (unpaired) electrons. The summed E-state index contributed by atoms with van der Waals surface area (Å²) in [6.45, 7) is 0. The molecule has 76 valence electrons. The molecule has 0 amide bonds. The maximum absolute atomic E-state index is 9.69. The number of aliphatic hydroxyl groups is 1. The topological polar surface area (TPSA) is 66.5 Å². The summed E-state index contributed by atoms with van der Waals surface area (Å²) in [5.74, 6) is 0.189. The lowest BCUT2D eigenvalue weighted by Gasteiger charge is -2.42. The normalized spacial score (nSPS) is 31.2. The number of halogens is 1. The van der Waals surface area contributed by atoms with Gasteiger partial charge in [-0.15, -0.1) is 0 Å². The number of nitrogens with two attached hydrogens (primary N) is 1. The molecule has 0 aromatic heterocycles. The van der Waals surface area contributed by atoms with E-state index < -0.39 is 5.54 Å². The quantitative estimate of drug-likeness (QED) is 0.714. The molecule has 0 heterocycles. The van der Waals surface area contributed by atoms with Gasteiger partial charge < -0.3 is 15.9 Å². The van der Waals surface area contributed by atoms with E-state index in [0.717, 1.165) is 4.47 Å². The van der Waals surface area contributed by atoms with Crippen molar-refractivity contribution in [3.05, 3.63) is 28.2 Å². The Bertz CT molecular complexity index is 361. The number of hydrogen-bond donors (Lipinski definition) is 3. The van der Waals surface area contributed by atoms with E-state index in [0.29, 0.717) is 18.4 Å². The molecule has 1 aliphatic rings. The first-order valence-electron chi connectivity index (χ1n) is 4.47. The van der Waals surface area contributed by atoms with Crippen LogP contribution in [0.2, 0.25) is 0 Å². The standard InChI is InChI=1S/C10H12BrNO2/c11-6-1-2-8(9(14)3-6)10(12)4-7(13)5-10/h1-3,7,13-14H,4-5,12H2. The Morgan fingerprint density at radius 2 is 2.07 bits per heavy atom. The second-order valence-corrected chi connectivity index (χ2v) is 4.80. The average Bonchev–Trinajstić information content (AvgIpc) is 2.00. The van der Waals surface area contributed by atoms with Crippen molar-refractivity contribution in [1.29, 1.82) is 0 Å². The monoisotopic (exact) mass is 257 g/mol. The molecule has 0 atom stereocenters. The van der Waals surface area contributed by atoms with E-state index in [1.807, 2.05) is 6.07 Å². The van der Waals surface area contributed by atoms with E-state index in [9.17, 15) is 10.2 Å². The molecule has 2 rings (SSSR count). The molecule has 14 heavy (non-hydrogen) atoms. The third kappa shape index (κ3) is 1.54. The van der Waals surface area contributed by atoms with Crippen LogP contribution >= 0.6 is 15.9 Å². The molecule has 0 aliphatic heterocycles. The molecular weight excluding hydrogens is 246 g/mol. The maximum atomic E-state index is 9.69. The van der Waals surface area contributed by atoms with Gasteiger partial charge in [-0.3, -0.25) is 0 Å². The number of rotatable bonds is 1. The zero-order valence-corrected chi connectivity index (χ0v) is 9.16. The van der Waals surface area contributed by atoms with Gasteiger partial charge in [-0.25, -0.2) is 0 Å². The van der Waals surface area contributed by atoms with Gasteiger partial charge in [-0.2, -0.15) is 0 Å². The van der Waals surface area contributed by atoms with E-state index in [4.69, 9.17) is 5.73 Å². The molecule has 0 spiro atoms. The summed E-state index contributed by atoms with van der Waals surface area (Å²) in [5.41, 5.74) is 6.19. The Kier molecular flexibility index (Phi) is 2.29. The lowest BCUT2D eigenvalue weighted by Crippen LogP contribution is -2.51. The molecule has 1 aromatic rings. The predicted octanol–water partition coefficient (Wildman–Crippen LogP) is 1.46. The largest absolute Gasteiger partial charge is 0.508 e. The van der Waals surface area contributed by atoms with Crippen LogP contribution in [0.1, 0.15) is 18.4 Å². The molecule has 3 nitrogen and oxygen atoms in total. The van der Waals surface area contributed by atoms with Crippen LogP contribution in [0.25, 0.3) is 0 Å². The van der Waals surface area contributed by atoms with Crippen molar-refractivity contribution in [3.63, 3.8) is 0 Å². The molecule has 0 saturated heterocycles. The minimum absolute atomic E-state index is 0.189. The summed E-state index contributed by atoms with van der Waals surface area (Å²) in [5, 5.41) is 18.9. The van der Waals surface area contributed by atoms with E-state index in [1.165, 1.54) is 0 Å². The van der Waals surface area contributed by atoms with Gasteiger partial charge in [-0.1, -0.05) is 22.0 Å². The minimum atomic E-state index is -0.551. The Morgan fingerprint density at radius 3 is 2.57 bits per heavy atom. The zero-order valence-electron chi connectivity index (χ0n) is 7.57. The summed E-state index contributed by atoms with van der Waals surface area (Å²) in [4.78, 5) is 0.